The third-order valence-electron chi connectivity index (χ3n) is 4.48. The van der Waals surface area contributed by atoms with Crippen LogP contribution in [0.15, 0.2) is 102 Å². The van der Waals surface area contributed by atoms with Gasteiger partial charge in [0.05, 0.1) is 6.54 Å². The van der Waals surface area contributed by atoms with E-state index in [4.69, 9.17) is 9.73 Å². The summed E-state index contributed by atoms with van der Waals surface area (Å²) in [4.78, 5) is 4.76. The summed E-state index contributed by atoms with van der Waals surface area (Å²) in [5, 5.41) is 2.35. The van der Waals surface area contributed by atoms with E-state index in [0.717, 1.165) is 22.3 Å². The molecule has 0 atom stereocenters. The highest BCUT2D eigenvalue weighted by Crippen LogP contribution is 2.22. The highest BCUT2D eigenvalue weighted by molar-refractivity contribution is 5.96. The third-order valence-corrected chi connectivity index (χ3v) is 4.48. The molecule has 132 valence electrons. The Morgan fingerprint density at radius 2 is 1.44 bits per heavy atom. The molecule has 0 unspecified atom stereocenters. The number of aryl methyl sites for hydroxylation is 1. The Labute approximate surface area is 159 Å². The van der Waals surface area contributed by atoms with Gasteiger partial charge in [-0.3, -0.25) is 0 Å². The van der Waals surface area contributed by atoms with Crippen LogP contribution in [0, 0.1) is 6.92 Å². The number of fused-ring (bicyclic) bond motifs is 1. The van der Waals surface area contributed by atoms with Gasteiger partial charge in [0.2, 0.25) is 5.90 Å². The predicted octanol–water partition coefficient (Wildman–Crippen LogP) is 6.17. The van der Waals surface area contributed by atoms with Gasteiger partial charge < -0.3 is 4.74 Å². The molecule has 2 nitrogen and oxygen atoms in total. The smallest absolute Gasteiger partial charge is 0.222 e. The van der Waals surface area contributed by atoms with Gasteiger partial charge in [0.1, 0.15) is 5.75 Å². The maximum absolute atomic E-state index is 6.22. The fourth-order valence-corrected chi connectivity index (χ4v) is 2.97. The second kappa shape index (κ2) is 7.88. The first kappa shape index (κ1) is 17.0. The molecule has 0 spiro atoms. The number of benzene rings is 4. The van der Waals surface area contributed by atoms with Crippen LogP contribution in [0.1, 0.15) is 16.7 Å². The Kier molecular flexibility index (Phi) is 4.97. The minimum Gasteiger partial charge on any atom is -0.439 e. The molecule has 0 saturated heterocycles. The maximum Gasteiger partial charge on any atom is 0.222 e. The van der Waals surface area contributed by atoms with E-state index in [1.54, 1.807) is 0 Å². The second-order valence-corrected chi connectivity index (χ2v) is 6.58. The van der Waals surface area contributed by atoms with Gasteiger partial charge in [-0.25, -0.2) is 4.99 Å². The maximum atomic E-state index is 6.22. The fourth-order valence-electron chi connectivity index (χ4n) is 2.97. The first-order chi connectivity index (χ1) is 13.3. The number of rotatable bonds is 4. The lowest BCUT2D eigenvalue weighted by Gasteiger charge is -2.11. The standard InChI is InChI=1S/C25H21NO/c1-19-11-13-22(14-12-19)25(26-18-20-7-3-2-4-8-20)27-24-16-15-21-9-5-6-10-23(21)17-24/h2-17H,18H2,1H3. The van der Waals surface area contributed by atoms with Crippen molar-refractivity contribution >= 4 is 16.7 Å². The normalized spacial score (nSPS) is 11.5. The number of aliphatic imine (C=N–C) groups is 1. The zero-order valence-electron chi connectivity index (χ0n) is 15.3. The zero-order valence-corrected chi connectivity index (χ0v) is 15.3. The van der Waals surface area contributed by atoms with Gasteiger partial charge in [-0.15, -0.1) is 0 Å². The minimum atomic E-state index is 0.581. The van der Waals surface area contributed by atoms with Gasteiger partial charge >= 0.3 is 0 Å². The summed E-state index contributed by atoms with van der Waals surface area (Å²) >= 11 is 0. The van der Waals surface area contributed by atoms with E-state index in [1.165, 1.54) is 10.9 Å². The lowest BCUT2D eigenvalue weighted by Crippen LogP contribution is -2.11. The van der Waals surface area contributed by atoms with E-state index < -0.39 is 0 Å². The highest BCUT2D eigenvalue weighted by atomic mass is 16.5. The third kappa shape index (κ3) is 4.24. The molecule has 0 bridgehead atoms. The lowest BCUT2D eigenvalue weighted by molar-refractivity contribution is 0.549. The molecule has 0 saturated carbocycles. The Morgan fingerprint density at radius 3 is 2.22 bits per heavy atom. The minimum absolute atomic E-state index is 0.581. The lowest BCUT2D eigenvalue weighted by atomic mass is 10.1. The summed E-state index contributed by atoms with van der Waals surface area (Å²) in [6, 6.07) is 32.9. The largest absolute Gasteiger partial charge is 0.439 e. The summed E-state index contributed by atoms with van der Waals surface area (Å²) in [5.74, 6) is 1.43. The van der Waals surface area contributed by atoms with Gasteiger partial charge in [0.15, 0.2) is 0 Å². The summed E-state index contributed by atoms with van der Waals surface area (Å²) in [7, 11) is 0. The van der Waals surface area contributed by atoms with Crippen LogP contribution in [-0.4, -0.2) is 5.90 Å². The molecule has 27 heavy (non-hydrogen) atoms. The fraction of sp³-hybridized carbons (Fsp3) is 0.0800. The van der Waals surface area contributed by atoms with Gasteiger partial charge in [0, 0.05) is 5.56 Å². The molecular formula is C25H21NO. The molecule has 4 aromatic rings. The molecule has 4 aromatic carbocycles. The van der Waals surface area contributed by atoms with Crippen molar-refractivity contribution in [1.29, 1.82) is 0 Å². The molecule has 2 heteroatoms. The first-order valence-corrected chi connectivity index (χ1v) is 9.10. The Morgan fingerprint density at radius 1 is 0.741 bits per heavy atom. The van der Waals surface area contributed by atoms with Crippen LogP contribution in [0.3, 0.4) is 0 Å². The molecule has 4 rings (SSSR count). The van der Waals surface area contributed by atoms with E-state index >= 15 is 0 Å². The van der Waals surface area contributed by atoms with Crippen molar-refractivity contribution in [3.05, 3.63) is 114 Å². The molecule has 0 aliphatic carbocycles. The van der Waals surface area contributed by atoms with Crippen LogP contribution in [0.2, 0.25) is 0 Å². The first-order valence-electron chi connectivity index (χ1n) is 9.10. The SMILES string of the molecule is Cc1ccc(C(=NCc2ccccc2)Oc2ccc3ccccc3c2)cc1. The van der Waals surface area contributed by atoms with Crippen LogP contribution in [0.25, 0.3) is 10.8 Å². The quantitative estimate of drug-likeness (QED) is 0.318. The Balaban J connectivity index is 1.66. The average Bonchev–Trinajstić information content (AvgIpc) is 2.72. The van der Waals surface area contributed by atoms with Crippen LogP contribution < -0.4 is 4.74 Å². The summed E-state index contributed by atoms with van der Waals surface area (Å²) < 4.78 is 6.22. The number of hydrogen-bond acceptors (Lipinski definition) is 2. The van der Waals surface area contributed by atoms with Crippen molar-refractivity contribution in [3.8, 4) is 5.75 Å². The van der Waals surface area contributed by atoms with E-state index in [-0.39, 0.29) is 0 Å². The summed E-state index contributed by atoms with van der Waals surface area (Å²) in [5.41, 5.74) is 3.35. The van der Waals surface area contributed by atoms with Crippen molar-refractivity contribution in [3.63, 3.8) is 0 Å². The molecule has 0 N–H and O–H groups in total. The second-order valence-electron chi connectivity index (χ2n) is 6.58. The van der Waals surface area contributed by atoms with Crippen LogP contribution in [-0.2, 0) is 6.54 Å². The van der Waals surface area contributed by atoms with E-state index in [0.29, 0.717) is 12.4 Å². The van der Waals surface area contributed by atoms with Gasteiger partial charge in [-0.2, -0.15) is 0 Å². The van der Waals surface area contributed by atoms with E-state index in [2.05, 4.69) is 67.6 Å². The van der Waals surface area contributed by atoms with E-state index in [9.17, 15) is 0 Å². The molecule has 0 aliphatic heterocycles. The van der Waals surface area contributed by atoms with Crippen molar-refractivity contribution in [2.24, 2.45) is 4.99 Å². The van der Waals surface area contributed by atoms with Crippen molar-refractivity contribution in [2.75, 3.05) is 0 Å². The number of nitrogens with zero attached hydrogens (tertiary/aromatic N) is 1. The van der Waals surface area contributed by atoms with Gasteiger partial charge in [0.25, 0.3) is 0 Å². The predicted molar refractivity (Wildman–Crippen MR) is 112 cm³/mol. The van der Waals surface area contributed by atoms with Crippen molar-refractivity contribution < 1.29 is 4.74 Å². The zero-order chi connectivity index (χ0) is 18.5. The van der Waals surface area contributed by atoms with Gasteiger partial charge in [-0.05, 0) is 47.5 Å². The molecular weight excluding hydrogens is 330 g/mol. The Bertz CT molecular complexity index is 1070. The van der Waals surface area contributed by atoms with Crippen molar-refractivity contribution in [1.82, 2.24) is 0 Å². The topological polar surface area (TPSA) is 21.6 Å². The van der Waals surface area contributed by atoms with Crippen LogP contribution in [0.4, 0.5) is 0 Å². The van der Waals surface area contributed by atoms with Crippen molar-refractivity contribution in [2.45, 2.75) is 13.5 Å². The van der Waals surface area contributed by atoms with Crippen LogP contribution in [0.5, 0.6) is 5.75 Å². The molecule has 0 heterocycles. The molecule has 0 radical (unpaired) electrons. The highest BCUT2D eigenvalue weighted by Gasteiger charge is 2.08. The monoisotopic (exact) mass is 351 g/mol. The van der Waals surface area contributed by atoms with Gasteiger partial charge in [-0.1, -0.05) is 78.4 Å². The van der Waals surface area contributed by atoms with E-state index in [1.807, 2.05) is 36.4 Å². The summed E-state index contributed by atoms with van der Waals surface area (Å²) in [6.45, 7) is 2.66. The number of hydrogen-bond donors (Lipinski definition) is 0. The average molecular weight is 351 g/mol. The summed E-state index contributed by atoms with van der Waals surface area (Å²) in [6.07, 6.45) is 0. The molecule has 0 aromatic heterocycles. The molecule has 0 amide bonds. The molecule has 0 fully saturated rings. The van der Waals surface area contributed by atoms with Crippen LogP contribution >= 0.6 is 0 Å². The molecule has 0 aliphatic rings. The number of ether oxygens (including phenoxy) is 1. The Hall–Kier alpha value is -3.39.